The second-order valence-corrected chi connectivity index (χ2v) is 5.27. The van der Waals surface area contributed by atoms with Gasteiger partial charge in [-0.25, -0.2) is 0 Å². The molecule has 0 atom stereocenters. The highest BCUT2D eigenvalue weighted by Crippen LogP contribution is 2.36. The van der Waals surface area contributed by atoms with E-state index in [1.165, 1.54) is 12.1 Å². The summed E-state index contributed by atoms with van der Waals surface area (Å²) in [5.41, 5.74) is -0.282. The zero-order valence-corrected chi connectivity index (χ0v) is 9.82. The average molecular weight is 250 g/mol. The normalized spacial score (nSPS) is 12.1. The molecule has 0 spiro atoms. The number of thioether (sulfide) groups is 1. The van der Waals surface area contributed by atoms with Crippen LogP contribution in [0.5, 0.6) is 5.75 Å². The van der Waals surface area contributed by atoms with E-state index in [2.05, 4.69) is 0 Å². The summed E-state index contributed by atoms with van der Waals surface area (Å²) < 4.78 is 37.0. The van der Waals surface area contributed by atoms with E-state index in [1.54, 1.807) is 11.8 Å². The van der Waals surface area contributed by atoms with Crippen LogP contribution in [0.1, 0.15) is 25.0 Å². The molecule has 5 heteroatoms. The lowest BCUT2D eigenvalue weighted by atomic mass is 10.1. The minimum Gasteiger partial charge on any atom is -0.507 e. The highest BCUT2D eigenvalue weighted by Gasteiger charge is 2.33. The Bertz CT molecular complexity index is 361. The number of phenolic OH excluding ortho intramolecular Hbond substituents is 1. The summed E-state index contributed by atoms with van der Waals surface area (Å²) in [6, 6.07) is 3.50. The van der Waals surface area contributed by atoms with E-state index in [1.807, 2.05) is 13.8 Å². The van der Waals surface area contributed by atoms with Gasteiger partial charge in [0.1, 0.15) is 5.75 Å². The van der Waals surface area contributed by atoms with Crippen molar-refractivity contribution in [2.24, 2.45) is 0 Å². The largest absolute Gasteiger partial charge is 0.507 e. The van der Waals surface area contributed by atoms with Crippen molar-refractivity contribution in [2.75, 3.05) is 0 Å². The van der Waals surface area contributed by atoms with Crippen LogP contribution in [0.2, 0.25) is 0 Å². The van der Waals surface area contributed by atoms with E-state index < -0.39 is 17.5 Å². The summed E-state index contributed by atoms with van der Waals surface area (Å²) >= 11 is 1.61. The van der Waals surface area contributed by atoms with Crippen LogP contribution in [0.15, 0.2) is 18.2 Å². The van der Waals surface area contributed by atoms with Gasteiger partial charge in [0, 0.05) is 5.75 Å². The Morgan fingerprint density at radius 2 is 1.94 bits per heavy atom. The lowest BCUT2D eigenvalue weighted by molar-refractivity contribution is -0.138. The van der Waals surface area contributed by atoms with Gasteiger partial charge in [-0.2, -0.15) is 24.9 Å². The maximum atomic E-state index is 12.3. The lowest BCUT2D eigenvalue weighted by Gasteiger charge is -2.10. The number of aromatic hydroxyl groups is 1. The smallest absolute Gasteiger partial charge is 0.419 e. The molecule has 1 aromatic rings. The molecule has 0 fully saturated rings. The highest BCUT2D eigenvalue weighted by atomic mass is 32.2. The van der Waals surface area contributed by atoms with Gasteiger partial charge in [-0.05, 0) is 22.9 Å². The minimum atomic E-state index is -4.49. The number of rotatable bonds is 3. The second kappa shape index (κ2) is 4.99. The first kappa shape index (κ1) is 13.2. The van der Waals surface area contributed by atoms with E-state index in [0.29, 0.717) is 16.6 Å². The van der Waals surface area contributed by atoms with Crippen molar-refractivity contribution in [1.82, 2.24) is 0 Å². The van der Waals surface area contributed by atoms with E-state index >= 15 is 0 Å². The molecule has 1 N–H and O–H groups in total. The van der Waals surface area contributed by atoms with E-state index in [0.717, 1.165) is 6.07 Å². The standard InChI is InChI=1S/C11H13F3OS/c1-7(2)16-6-8-3-4-9(10(15)5-8)11(12,13)14/h3-5,7,15H,6H2,1-2H3. The zero-order valence-electron chi connectivity index (χ0n) is 9.01. The summed E-state index contributed by atoms with van der Waals surface area (Å²) in [5.74, 6) is -0.0991. The highest BCUT2D eigenvalue weighted by molar-refractivity contribution is 7.99. The van der Waals surface area contributed by atoms with Crippen molar-refractivity contribution in [3.63, 3.8) is 0 Å². The quantitative estimate of drug-likeness (QED) is 0.873. The van der Waals surface area contributed by atoms with Crippen molar-refractivity contribution in [2.45, 2.75) is 31.0 Å². The molecule has 90 valence electrons. The van der Waals surface area contributed by atoms with E-state index in [-0.39, 0.29) is 0 Å². The lowest BCUT2D eigenvalue weighted by Crippen LogP contribution is -2.05. The third-order valence-corrected chi connectivity index (χ3v) is 3.12. The van der Waals surface area contributed by atoms with Gasteiger partial charge >= 0.3 is 6.18 Å². The fourth-order valence-corrected chi connectivity index (χ4v) is 1.87. The van der Waals surface area contributed by atoms with Crippen LogP contribution >= 0.6 is 11.8 Å². The molecule has 0 saturated heterocycles. The summed E-state index contributed by atoms with van der Waals surface area (Å²) in [7, 11) is 0. The third kappa shape index (κ3) is 3.63. The summed E-state index contributed by atoms with van der Waals surface area (Å²) in [4.78, 5) is 0. The number of phenols is 1. The fourth-order valence-electron chi connectivity index (χ4n) is 1.17. The van der Waals surface area contributed by atoms with E-state index in [4.69, 9.17) is 0 Å². The molecule has 0 saturated carbocycles. The van der Waals surface area contributed by atoms with Crippen LogP contribution in [-0.4, -0.2) is 10.4 Å². The molecule has 16 heavy (non-hydrogen) atoms. The van der Waals surface area contributed by atoms with Crippen LogP contribution in [-0.2, 0) is 11.9 Å². The summed E-state index contributed by atoms with van der Waals surface area (Å²) in [6.45, 7) is 4.02. The average Bonchev–Trinajstić information content (AvgIpc) is 2.12. The van der Waals surface area contributed by atoms with Gasteiger partial charge in [0.25, 0.3) is 0 Å². The minimum absolute atomic E-state index is 0.407. The Hall–Kier alpha value is -0.840. The van der Waals surface area contributed by atoms with Crippen LogP contribution < -0.4 is 0 Å². The molecule has 1 aromatic carbocycles. The maximum absolute atomic E-state index is 12.3. The Kier molecular flexibility index (Phi) is 4.13. The molecule has 0 aromatic heterocycles. The predicted octanol–water partition coefficient (Wildman–Crippen LogP) is 4.05. The van der Waals surface area contributed by atoms with Gasteiger partial charge in [0.15, 0.2) is 0 Å². The molecular formula is C11H13F3OS. The molecule has 0 radical (unpaired) electrons. The Labute approximate surface area is 96.7 Å². The molecule has 0 aliphatic rings. The molecule has 0 bridgehead atoms. The Morgan fingerprint density at radius 3 is 2.38 bits per heavy atom. The molecular weight excluding hydrogens is 237 g/mol. The summed E-state index contributed by atoms with van der Waals surface area (Å²) in [5, 5.41) is 9.67. The first-order valence-corrected chi connectivity index (χ1v) is 5.86. The molecule has 0 unspecified atom stereocenters. The number of hydrogen-bond donors (Lipinski definition) is 1. The molecule has 1 rings (SSSR count). The molecule has 0 aliphatic heterocycles. The van der Waals surface area contributed by atoms with Crippen molar-refractivity contribution in [3.8, 4) is 5.75 Å². The van der Waals surface area contributed by atoms with Crippen molar-refractivity contribution in [3.05, 3.63) is 29.3 Å². The topological polar surface area (TPSA) is 20.2 Å². The molecule has 1 nitrogen and oxygen atoms in total. The van der Waals surface area contributed by atoms with Crippen molar-refractivity contribution in [1.29, 1.82) is 0 Å². The molecule has 0 amide bonds. The van der Waals surface area contributed by atoms with Crippen LogP contribution in [0.25, 0.3) is 0 Å². The van der Waals surface area contributed by atoms with Gasteiger partial charge in [-0.1, -0.05) is 19.9 Å². The third-order valence-electron chi connectivity index (χ3n) is 1.95. The van der Waals surface area contributed by atoms with Crippen LogP contribution in [0.3, 0.4) is 0 Å². The molecule has 0 heterocycles. The van der Waals surface area contributed by atoms with E-state index in [9.17, 15) is 18.3 Å². The SMILES string of the molecule is CC(C)SCc1ccc(C(F)(F)F)c(O)c1. The fraction of sp³-hybridized carbons (Fsp3) is 0.455. The van der Waals surface area contributed by atoms with Crippen molar-refractivity contribution < 1.29 is 18.3 Å². The summed E-state index contributed by atoms with van der Waals surface area (Å²) in [6.07, 6.45) is -4.49. The van der Waals surface area contributed by atoms with Gasteiger partial charge in [0.05, 0.1) is 5.56 Å². The van der Waals surface area contributed by atoms with Gasteiger partial charge < -0.3 is 5.11 Å². The number of alkyl halides is 3. The number of halogens is 3. The number of hydrogen-bond acceptors (Lipinski definition) is 2. The Balaban J connectivity index is 2.83. The van der Waals surface area contributed by atoms with Crippen LogP contribution in [0, 0.1) is 0 Å². The monoisotopic (exact) mass is 250 g/mol. The Morgan fingerprint density at radius 1 is 1.31 bits per heavy atom. The second-order valence-electron chi connectivity index (χ2n) is 3.71. The van der Waals surface area contributed by atoms with Crippen molar-refractivity contribution >= 4 is 11.8 Å². The van der Waals surface area contributed by atoms with Gasteiger partial charge in [-0.15, -0.1) is 0 Å². The predicted molar refractivity (Wildman–Crippen MR) is 59.5 cm³/mol. The molecule has 0 aliphatic carbocycles. The zero-order chi connectivity index (χ0) is 12.3. The van der Waals surface area contributed by atoms with Gasteiger partial charge in [-0.3, -0.25) is 0 Å². The first-order chi connectivity index (χ1) is 7.30. The maximum Gasteiger partial charge on any atom is 0.419 e. The van der Waals surface area contributed by atoms with Gasteiger partial charge in [0.2, 0.25) is 0 Å². The van der Waals surface area contributed by atoms with Crippen LogP contribution in [0.4, 0.5) is 13.2 Å². The number of benzene rings is 1. The first-order valence-electron chi connectivity index (χ1n) is 4.81.